The first-order chi connectivity index (χ1) is 9.13. The molecule has 2 aliphatic rings. The number of hydrogen-bond donors (Lipinski definition) is 2. The van der Waals surface area contributed by atoms with Crippen molar-refractivity contribution < 1.29 is 14.6 Å². The van der Waals surface area contributed by atoms with Gasteiger partial charge in [-0.2, -0.15) is 0 Å². The van der Waals surface area contributed by atoms with E-state index in [0.717, 1.165) is 45.4 Å². The van der Waals surface area contributed by atoms with E-state index in [-0.39, 0.29) is 0 Å². The molecule has 2 N–H and O–H groups in total. The van der Waals surface area contributed by atoms with Gasteiger partial charge in [-0.1, -0.05) is 6.92 Å². The third-order valence-corrected chi connectivity index (χ3v) is 4.83. The van der Waals surface area contributed by atoms with E-state index in [1.165, 1.54) is 0 Å². The molecule has 1 heterocycles. The van der Waals surface area contributed by atoms with Gasteiger partial charge in [-0.15, -0.1) is 0 Å². The van der Waals surface area contributed by atoms with Crippen molar-refractivity contribution in [2.45, 2.75) is 56.7 Å². The average molecular weight is 270 g/mol. The SMILES string of the molecule is CCC1COCCN1C1CCCC(NC)(C(=O)O)C1. The fourth-order valence-corrected chi connectivity index (χ4v) is 3.56. The Hall–Kier alpha value is -0.650. The molecule has 5 heteroatoms. The van der Waals surface area contributed by atoms with Gasteiger partial charge in [0.25, 0.3) is 0 Å². The highest BCUT2D eigenvalue weighted by molar-refractivity contribution is 5.79. The highest BCUT2D eigenvalue weighted by atomic mass is 16.5. The van der Waals surface area contributed by atoms with E-state index in [4.69, 9.17) is 4.74 Å². The van der Waals surface area contributed by atoms with Gasteiger partial charge in [0.15, 0.2) is 0 Å². The van der Waals surface area contributed by atoms with Crippen molar-refractivity contribution >= 4 is 5.97 Å². The minimum atomic E-state index is -0.737. The first kappa shape index (κ1) is 14.8. The molecule has 0 aromatic carbocycles. The molecule has 1 saturated carbocycles. The van der Waals surface area contributed by atoms with Crippen LogP contribution in [0.1, 0.15) is 39.0 Å². The molecule has 0 spiro atoms. The summed E-state index contributed by atoms with van der Waals surface area (Å²) in [4.78, 5) is 14.1. The predicted octanol–water partition coefficient (Wildman–Crippen LogP) is 1.08. The molecule has 3 atom stereocenters. The van der Waals surface area contributed by atoms with Gasteiger partial charge in [0, 0.05) is 18.6 Å². The van der Waals surface area contributed by atoms with Gasteiger partial charge in [-0.3, -0.25) is 9.69 Å². The van der Waals surface area contributed by atoms with E-state index in [0.29, 0.717) is 18.5 Å². The van der Waals surface area contributed by atoms with Crippen LogP contribution in [0.4, 0.5) is 0 Å². The van der Waals surface area contributed by atoms with Crippen molar-refractivity contribution in [1.82, 2.24) is 10.2 Å². The number of carbonyl (C=O) groups is 1. The highest BCUT2D eigenvalue weighted by Gasteiger charge is 2.44. The van der Waals surface area contributed by atoms with Crippen LogP contribution in [0.3, 0.4) is 0 Å². The summed E-state index contributed by atoms with van der Waals surface area (Å²) < 4.78 is 5.55. The maximum absolute atomic E-state index is 11.6. The van der Waals surface area contributed by atoms with Crippen molar-refractivity contribution in [1.29, 1.82) is 0 Å². The summed E-state index contributed by atoms with van der Waals surface area (Å²) in [6.07, 6.45) is 4.58. The van der Waals surface area contributed by atoms with Crippen molar-refractivity contribution in [3.8, 4) is 0 Å². The second-order valence-corrected chi connectivity index (χ2v) is 5.76. The third kappa shape index (κ3) is 2.93. The van der Waals surface area contributed by atoms with Crippen LogP contribution in [0.25, 0.3) is 0 Å². The standard InChI is InChI=1S/C14H26N2O3/c1-3-11-10-19-8-7-16(11)12-5-4-6-14(9-12,15-2)13(17)18/h11-12,15H,3-10H2,1-2H3,(H,17,18). The van der Waals surface area contributed by atoms with Gasteiger partial charge in [-0.05, 0) is 39.2 Å². The molecule has 19 heavy (non-hydrogen) atoms. The second-order valence-electron chi connectivity index (χ2n) is 5.76. The molecule has 1 aliphatic heterocycles. The summed E-state index contributed by atoms with van der Waals surface area (Å²) in [6.45, 7) is 4.67. The largest absolute Gasteiger partial charge is 0.480 e. The number of ether oxygens (including phenoxy) is 1. The molecule has 5 nitrogen and oxygen atoms in total. The van der Waals surface area contributed by atoms with E-state index < -0.39 is 11.5 Å². The quantitative estimate of drug-likeness (QED) is 0.800. The van der Waals surface area contributed by atoms with Gasteiger partial charge in [0.2, 0.25) is 0 Å². The predicted molar refractivity (Wildman–Crippen MR) is 73.3 cm³/mol. The lowest BCUT2D eigenvalue weighted by atomic mass is 9.78. The molecule has 0 bridgehead atoms. The number of morpholine rings is 1. The van der Waals surface area contributed by atoms with E-state index in [9.17, 15) is 9.90 Å². The van der Waals surface area contributed by atoms with Crippen LogP contribution >= 0.6 is 0 Å². The van der Waals surface area contributed by atoms with Gasteiger partial charge < -0.3 is 15.2 Å². The topological polar surface area (TPSA) is 61.8 Å². The Morgan fingerprint density at radius 1 is 1.58 bits per heavy atom. The minimum Gasteiger partial charge on any atom is -0.480 e. The minimum absolute atomic E-state index is 0.367. The summed E-state index contributed by atoms with van der Waals surface area (Å²) in [6, 6.07) is 0.811. The number of nitrogens with zero attached hydrogens (tertiary/aromatic N) is 1. The fourth-order valence-electron chi connectivity index (χ4n) is 3.56. The van der Waals surface area contributed by atoms with E-state index >= 15 is 0 Å². The van der Waals surface area contributed by atoms with Gasteiger partial charge in [0.05, 0.1) is 13.2 Å². The summed E-state index contributed by atoms with van der Waals surface area (Å²) in [5.74, 6) is -0.707. The Labute approximate surface area is 115 Å². The summed E-state index contributed by atoms with van der Waals surface area (Å²) in [5.41, 5.74) is -0.737. The van der Waals surface area contributed by atoms with Crippen molar-refractivity contribution in [2.24, 2.45) is 0 Å². The third-order valence-electron chi connectivity index (χ3n) is 4.83. The number of rotatable bonds is 4. The maximum atomic E-state index is 11.6. The lowest BCUT2D eigenvalue weighted by Gasteiger charge is -2.46. The Bertz CT molecular complexity index is 324. The molecule has 110 valence electrons. The molecule has 1 saturated heterocycles. The van der Waals surface area contributed by atoms with Crippen LogP contribution in [-0.4, -0.2) is 60.4 Å². The molecule has 0 aromatic heterocycles. The zero-order valence-corrected chi connectivity index (χ0v) is 12.0. The summed E-state index contributed by atoms with van der Waals surface area (Å²) in [7, 11) is 1.77. The Morgan fingerprint density at radius 2 is 2.37 bits per heavy atom. The molecule has 0 aromatic rings. The van der Waals surface area contributed by atoms with Crippen molar-refractivity contribution in [2.75, 3.05) is 26.8 Å². The van der Waals surface area contributed by atoms with Crippen molar-refractivity contribution in [3.05, 3.63) is 0 Å². The highest BCUT2D eigenvalue weighted by Crippen LogP contribution is 2.33. The Kier molecular flexibility index (Phi) is 4.81. The molecule has 1 aliphatic carbocycles. The fraction of sp³-hybridized carbons (Fsp3) is 0.929. The zero-order chi connectivity index (χ0) is 13.9. The monoisotopic (exact) mass is 270 g/mol. The Morgan fingerprint density at radius 3 is 3.00 bits per heavy atom. The molecule has 0 radical (unpaired) electrons. The molecule has 2 fully saturated rings. The molecule has 0 amide bonds. The molecular formula is C14H26N2O3. The second kappa shape index (κ2) is 6.20. The number of aliphatic carboxylic acids is 1. The van der Waals surface area contributed by atoms with Crippen molar-refractivity contribution in [3.63, 3.8) is 0 Å². The lowest BCUT2D eigenvalue weighted by molar-refractivity contribution is -0.148. The van der Waals surface area contributed by atoms with E-state index in [1.807, 2.05) is 0 Å². The first-order valence-electron chi connectivity index (χ1n) is 7.38. The first-order valence-corrected chi connectivity index (χ1v) is 7.38. The van der Waals surface area contributed by atoms with E-state index in [2.05, 4.69) is 17.1 Å². The molecular weight excluding hydrogens is 244 g/mol. The number of nitrogens with one attached hydrogen (secondary N) is 1. The molecule has 3 unspecified atom stereocenters. The number of carboxylic acids is 1. The van der Waals surface area contributed by atoms with Gasteiger partial charge in [-0.25, -0.2) is 0 Å². The van der Waals surface area contributed by atoms with Crippen LogP contribution in [0.2, 0.25) is 0 Å². The van der Waals surface area contributed by atoms with Crippen LogP contribution in [0.5, 0.6) is 0 Å². The number of likely N-dealkylation sites (N-methyl/N-ethyl adjacent to an activating group) is 1. The summed E-state index contributed by atoms with van der Waals surface area (Å²) >= 11 is 0. The van der Waals surface area contributed by atoms with E-state index in [1.54, 1.807) is 7.05 Å². The van der Waals surface area contributed by atoms with Crippen LogP contribution < -0.4 is 5.32 Å². The van der Waals surface area contributed by atoms with Gasteiger partial charge in [0.1, 0.15) is 5.54 Å². The maximum Gasteiger partial charge on any atom is 0.323 e. The zero-order valence-electron chi connectivity index (χ0n) is 12.0. The van der Waals surface area contributed by atoms with Crippen LogP contribution in [-0.2, 0) is 9.53 Å². The lowest BCUT2D eigenvalue weighted by Crippen LogP contribution is -2.60. The Balaban J connectivity index is 2.09. The number of carboxylic acid groups (broad SMARTS) is 1. The average Bonchev–Trinajstić information content (AvgIpc) is 2.47. The van der Waals surface area contributed by atoms with Crippen LogP contribution in [0, 0.1) is 0 Å². The number of hydrogen-bond acceptors (Lipinski definition) is 4. The van der Waals surface area contributed by atoms with Crippen LogP contribution in [0.15, 0.2) is 0 Å². The smallest absolute Gasteiger partial charge is 0.323 e. The molecule has 2 rings (SSSR count). The summed E-state index contributed by atoms with van der Waals surface area (Å²) in [5, 5.41) is 12.6. The normalized spacial score (nSPS) is 37.2. The van der Waals surface area contributed by atoms with Gasteiger partial charge >= 0.3 is 5.97 Å².